The van der Waals surface area contributed by atoms with Gasteiger partial charge in [0.05, 0.1) is 21.6 Å². The van der Waals surface area contributed by atoms with Gasteiger partial charge in [0.2, 0.25) is 0 Å². The Balaban J connectivity index is 2.71. The molecule has 1 aliphatic rings. The van der Waals surface area contributed by atoms with E-state index in [4.69, 9.17) is 5.73 Å². The van der Waals surface area contributed by atoms with Crippen LogP contribution in [0.3, 0.4) is 0 Å². The molecule has 2 N–H and O–H groups in total. The van der Waals surface area contributed by atoms with Gasteiger partial charge in [0.25, 0.3) is 17.3 Å². The van der Waals surface area contributed by atoms with E-state index in [0.29, 0.717) is 13.1 Å². The van der Waals surface area contributed by atoms with Crippen molar-refractivity contribution in [2.24, 2.45) is 5.73 Å². The lowest BCUT2D eigenvalue weighted by atomic mass is 10.1. The molecular weight excluding hydrogens is 244 g/mol. The molecule has 0 bridgehead atoms. The van der Waals surface area contributed by atoms with E-state index in [1.165, 1.54) is 0 Å². The summed E-state index contributed by atoms with van der Waals surface area (Å²) in [6, 6.07) is 1.87. The van der Waals surface area contributed by atoms with Crippen molar-refractivity contribution in [3.63, 3.8) is 0 Å². The number of amides is 1. The molecule has 0 unspecified atom stereocenters. The van der Waals surface area contributed by atoms with Gasteiger partial charge in [-0.05, 0) is 0 Å². The average molecular weight is 252 g/mol. The van der Waals surface area contributed by atoms with Crippen LogP contribution in [0.2, 0.25) is 0 Å². The fraction of sp³-hybridized carbons (Fsp3) is 0.222. The number of rotatable bonds is 4. The Bertz CT molecular complexity index is 566. The Labute approximate surface area is 100 Å². The minimum atomic E-state index is -0.974. The van der Waals surface area contributed by atoms with E-state index < -0.39 is 27.1 Å². The summed E-state index contributed by atoms with van der Waals surface area (Å²) < 4.78 is 0. The third-order valence-corrected chi connectivity index (χ3v) is 2.52. The van der Waals surface area contributed by atoms with Gasteiger partial charge < -0.3 is 10.6 Å². The maximum absolute atomic E-state index is 11.3. The van der Waals surface area contributed by atoms with Crippen LogP contribution in [-0.2, 0) is 0 Å². The van der Waals surface area contributed by atoms with Crippen molar-refractivity contribution in [2.75, 3.05) is 18.0 Å². The molecule has 0 saturated carbocycles. The van der Waals surface area contributed by atoms with Gasteiger partial charge in [-0.15, -0.1) is 0 Å². The van der Waals surface area contributed by atoms with Crippen LogP contribution in [0.5, 0.6) is 0 Å². The van der Waals surface area contributed by atoms with Crippen molar-refractivity contribution < 1.29 is 14.6 Å². The first-order valence-electron chi connectivity index (χ1n) is 4.93. The van der Waals surface area contributed by atoms with Gasteiger partial charge >= 0.3 is 0 Å². The smallest absolute Gasteiger partial charge is 0.291 e. The highest BCUT2D eigenvalue weighted by atomic mass is 16.6. The summed E-state index contributed by atoms with van der Waals surface area (Å²) in [5.41, 5.74) is 3.88. The number of carbonyl (C=O) groups is 1. The third kappa shape index (κ3) is 1.93. The number of hydrogen-bond donors (Lipinski definition) is 1. The van der Waals surface area contributed by atoms with Gasteiger partial charge in [0, 0.05) is 19.2 Å². The fourth-order valence-corrected chi connectivity index (χ4v) is 1.64. The minimum absolute atomic E-state index is 0.142. The van der Waals surface area contributed by atoms with E-state index in [1.807, 2.05) is 0 Å². The van der Waals surface area contributed by atoms with Crippen LogP contribution >= 0.6 is 0 Å². The molecule has 18 heavy (non-hydrogen) atoms. The summed E-state index contributed by atoms with van der Waals surface area (Å²) in [7, 11) is 0. The number of non-ortho nitro benzene ring substituents is 1. The summed E-state index contributed by atoms with van der Waals surface area (Å²) in [6.07, 6.45) is 0. The molecule has 0 aliphatic carbocycles. The normalized spacial score (nSPS) is 13.2. The molecule has 0 aromatic heterocycles. The highest BCUT2D eigenvalue weighted by Gasteiger charge is 2.33. The van der Waals surface area contributed by atoms with E-state index in [-0.39, 0.29) is 11.3 Å². The lowest BCUT2D eigenvalue weighted by Crippen LogP contribution is -2.16. The standard InChI is InChI=1S/C9H8N4O5/c10-9(14)8-6(11-1-2-11)3-5(12(15)16)4-7(8)13(17)18/h3-4H,1-2H2,(H2,10,14). The van der Waals surface area contributed by atoms with Crippen LogP contribution < -0.4 is 10.6 Å². The van der Waals surface area contributed by atoms with Crippen molar-refractivity contribution in [2.45, 2.75) is 0 Å². The number of hydrogen-bond acceptors (Lipinski definition) is 6. The molecule has 1 aromatic rings. The predicted octanol–water partition coefficient (Wildman–Crippen LogP) is 0.422. The maximum Gasteiger partial charge on any atom is 0.291 e. The molecule has 1 amide bonds. The minimum Gasteiger partial charge on any atom is -0.367 e. The van der Waals surface area contributed by atoms with Crippen LogP contribution in [0, 0.1) is 20.2 Å². The van der Waals surface area contributed by atoms with Gasteiger partial charge in [-0.3, -0.25) is 25.0 Å². The number of nitro benzene ring substituents is 2. The van der Waals surface area contributed by atoms with E-state index in [0.717, 1.165) is 12.1 Å². The van der Waals surface area contributed by atoms with Crippen LogP contribution in [0.4, 0.5) is 17.1 Å². The zero-order chi connectivity index (χ0) is 13.4. The Morgan fingerprint density at radius 1 is 1.22 bits per heavy atom. The van der Waals surface area contributed by atoms with Crippen LogP contribution in [0.15, 0.2) is 12.1 Å². The average Bonchev–Trinajstić information content (AvgIpc) is 3.10. The van der Waals surface area contributed by atoms with E-state index in [2.05, 4.69) is 0 Å². The topological polar surface area (TPSA) is 132 Å². The van der Waals surface area contributed by atoms with Crippen molar-refractivity contribution >= 4 is 23.0 Å². The van der Waals surface area contributed by atoms with Gasteiger partial charge in [-0.1, -0.05) is 0 Å². The van der Waals surface area contributed by atoms with E-state index >= 15 is 0 Å². The number of primary amides is 1. The Kier molecular flexibility index (Phi) is 2.58. The van der Waals surface area contributed by atoms with Gasteiger partial charge in [0.1, 0.15) is 5.56 Å². The number of nitrogens with zero attached hydrogens (tertiary/aromatic N) is 3. The summed E-state index contributed by atoms with van der Waals surface area (Å²) in [6.45, 7) is 1.16. The van der Waals surface area contributed by atoms with Gasteiger partial charge in [-0.25, -0.2) is 0 Å². The molecule has 0 spiro atoms. The zero-order valence-electron chi connectivity index (χ0n) is 9.03. The summed E-state index contributed by atoms with van der Waals surface area (Å²) in [5.74, 6) is -0.974. The first-order chi connectivity index (χ1) is 8.41. The number of benzene rings is 1. The van der Waals surface area contributed by atoms with Crippen LogP contribution in [-0.4, -0.2) is 28.8 Å². The molecular formula is C9H8N4O5. The molecule has 1 heterocycles. The first-order valence-corrected chi connectivity index (χ1v) is 4.93. The van der Waals surface area contributed by atoms with E-state index in [1.54, 1.807) is 4.90 Å². The lowest BCUT2D eigenvalue weighted by Gasteiger charge is -2.08. The summed E-state index contributed by atoms with van der Waals surface area (Å²) >= 11 is 0. The number of nitro groups is 2. The van der Waals surface area contributed by atoms with E-state index in [9.17, 15) is 25.0 Å². The Morgan fingerprint density at radius 2 is 1.83 bits per heavy atom. The second-order valence-corrected chi connectivity index (χ2v) is 3.72. The van der Waals surface area contributed by atoms with Crippen LogP contribution in [0.25, 0.3) is 0 Å². The molecule has 0 atom stereocenters. The maximum atomic E-state index is 11.3. The number of anilines is 1. The van der Waals surface area contributed by atoms with Crippen molar-refractivity contribution in [1.82, 2.24) is 0 Å². The fourth-order valence-electron chi connectivity index (χ4n) is 1.64. The molecule has 2 rings (SSSR count). The Morgan fingerprint density at radius 3 is 2.22 bits per heavy atom. The van der Waals surface area contributed by atoms with Crippen molar-refractivity contribution in [3.8, 4) is 0 Å². The van der Waals surface area contributed by atoms with Crippen molar-refractivity contribution in [1.29, 1.82) is 0 Å². The highest BCUT2D eigenvalue weighted by molar-refractivity contribution is 6.03. The van der Waals surface area contributed by atoms with Gasteiger partial charge in [-0.2, -0.15) is 0 Å². The second-order valence-electron chi connectivity index (χ2n) is 3.72. The van der Waals surface area contributed by atoms with Crippen LogP contribution in [0.1, 0.15) is 10.4 Å². The number of carbonyl (C=O) groups excluding carboxylic acids is 1. The van der Waals surface area contributed by atoms with Crippen molar-refractivity contribution in [3.05, 3.63) is 37.9 Å². The molecule has 9 nitrogen and oxygen atoms in total. The molecule has 1 aromatic carbocycles. The highest BCUT2D eigenvalue weighted by Crippen LogP contribution is 2.36. The predicted molar refractivity (Wildman–Crippen MR) is 60.5 cm³/mol. The first kappa shape index (κ1) is 11.8. The third-order valence-electron chi connectivity index (χ3n) is 2.52. The SMILES string of the molecule is NC(=O)c1c(N2CC2)cc([N+](=O)[O-])cc1[N+](=O)[O-]. The quantitative estimate of drug-likeness (QED) is 0.469. The zero-order valence-corrected chi connectivity index (χ0v) is 9.03. The summed E-state index contributed by atoms with van der Waals surface area (Å²) in [4.78, 5) is 32.8. The molecule has 94 valence electrons. The lowest BCUT2D eigenvalue weighted by molar-refractivity contribution is -0.394. The molecule has 1 aliphatic heterocycles. The Hall–Kier alpha value is -2.71. The molecule has 1 fully saturated rings. The van der Waals surface area contributed by atoms with Gasteiger partial charge in [0.15, 0.2) is 0 Å². The molecule has 9 heteroatoms. The largest absolute Gasteiger partial charge is 0.367 e. The summed E-state index contributed by atoms with van der Waals surface area (Å²) in [5, 5.41) is 21.6. The second kappa shape index (κ2) is 3.95. The molecule has 1 saturated heterocycles. The molecule has 0 radical (unpaired) electrons. The number of nitrogens with two attached hydrogens (primary N) is 1. The monoisotopic (exact) mass is 252 g/mol.